The lowest BCUT2D eigenvalue weighted by Crippen LogP contribution is -2.08. The zero-order valence-electron chi connectivity index (χ0n) is 12.9. The Morgan fingerprint density at radius 2 is 1.61 bits per heavy atom. The standard InChI is InChI=1S/C21H18N2/c1-2-7-15(8-3-1)20-17-9-4-5-10-18(17)23-14-6-11-19(23)21(22-20)16-12-13-16/h1-11,14,16,20H,12-13H2. The fourth-order valence-corrected chi connectivity index (χ4v) is 3.57. The molecule has 2 heterocycles. The lowest BCUT2D eigenvalue weighted by atomic mass is 9.97. The molecule has 5 rings (SSSR count). The molecule has 0 bridgehead atoms. The molecule has 2 aromatic carbocycles. The largest absolute Gasteiger partial charge is 0.315 e. The molecule has 1 aliphatic heterocycles. The Hall–Kier alpha value is -2.61. The van der Waals surface area contributed by atoms with Crippen molar-refractivity contribution in [1.82, 2.24) is 4.57 Å². The highest BCUT2D eigenvalue weighted by Gasteiger charge is 2.33. The Morgan fingerprint density at radius 3 is 2.43 bits per heavy atom. The van der Waals surface area contributed by atoms with E-state index in [0.717, 1.165) is 0 Å². The molecule has 2 aliphatic rings. The number of nitrogens with zero attached hydrogens (tertiary/aromatic N) is 2. The fraction of sp³-hybridized carbons (Fsp3) is 0.190. The number of aliphatic imine (C=N–C) groups is 1. The average molecular weight is 298 g/mol. The van der Waals surface area contributed by atoms with E-state index in [1.807, 2.05) is 0 Å². The minimum Gasteiger partial charge on any atom is -0.315 e. The molecule has 1 unspecified atom stereocenters. The third kappa shape index (κ3) is 2.06. The predicted octanol–water partition coefficient (Wildman–Crippen LogP) is 4.78. The first-order valence-corrected chi connectivity index (χ1v) is 8.31. The Kier molecular flexibility index (Phi) is 2.77. The van der Waals surface area contributed by atoms with Crippen LogP contribution < -0.4 is 0 Å². The summed E-state index contributed by atoms with van der Waals surface area (Å²) in [5.41, 5.74) is 6.34. The summed E-state index contributed by atoms with van der Waals surface area (Å²) in [6, 6.07) is 23.8. The summed E-state index contributed by atoms with van der Waals surface area (Å²) >= 11 is 0. The Bertz CT molecular complexity index is 885. The Balaban J connectivity index is 1.79. The monoisotopic (exact) mass is 298 g/mol. The smallest absolute Gasteiger partial charge is 0.102 e. The van der Waals surface area contributed by atoms with Crippen LogP contribution in [0, 0.1) is 5.92 Å². The SMILES string of the molecule is c1ccc(C2N=C(C3CC3)c3cccn3-c3ccccc32)cc1. The van der Waals surface area contributed by atoms with Crippen LogP contribution in [0.3, 0.4) is 0 Å². The van der Waals surface area contributed by atoms with Crippen molar-refractivity contribution in [2.75, 3.05) is 0 Å². The van der Waals surface area contributed by atoms with Gasteiger partial charge in [0, 0.05) is 17.7 Å². The van der Waals surface area contributed by atoms with Gasteiger partial charge in [-0.1, -0.05) is 48.5 Å². The lowest BCUT2D eigenvalue weighted by Gasteiger charge is -2.16. The maximum Gasteiger partial charge on any atom is 0.102 e. The normalized spacial score (nSPS) is 19.5. The summed E-state index contributed by atoms with van der Waals surface area (Å²) in [5.74, 6) is 0.629. The average Bonchev–Trinajstić information content (AvgIpc) is 3.35. The van der Waals surface area contributed by atoms with Crippen molar-refractivity contribution in [3.63, 3.8) is 0 Å². The van der Waals surface area contributed by atoms with Crippen molar-refractivity contribution in [1.29, 1.82) is 0 Å². The van der Waals surface area contributed by atoms with Gasteiger partial charge < -0.3 is 4.57 Å². The van der Waals surface area contributed by atoms with Gasteiger partial charge in [-0.05, 0) is 36.6 Å². The first-order valence-electron chi connectivity index (χ1n) is 8.31. The zero-order valence-corrected chi connectivity index (χ0v) is 12.9. The van der Waals surface area contributed by atoms with E-state index >= 15 is 0 Å². The van der Waals surface area contributed by atoms with E-state index in [-0.39, 0.29) is 6.04 Å². The van der Waals surface area contributed by atoms with Crippen LogP contribution >= 0.6 is 0 Å². The molecule has 1 aliphatic carbocycles. The van der Waals surface area contributed by atoms with Crippen molar-refractivity contribution in [3.8, 4) is 5.69 Å². The van der Waals surface area contributed by atoms with Crippen LogP contribution in [0.5, 0.6) is 0 Å². The van der Waals surface area contributed by atoms with Crippen LogP contribution in [0.2, 0.25) is 0 Å². The van der Waals surface area contributed by atoms with E-state index in [4.69, 9.17) is 4.99 Å². The molecule has 23 heavy (non-hydrogen) atoms. The van der Waals surface area contributed by atoms with Gasteiger partial charge in [-0.3, -0.25) is 4.99 Å². The number of hydrogen-bond acceptors (Lipinski definition) is 1. The topological polar surface area (TPSA) is 17.3 Å². The highest BCUT2D eigenvalue weighted by molar-refractivity contribution is 6.03. The van der Waals surface area contributed by atoms with Crippen molar-refractivity contribution in [2.45, 2.75) is 18.9 Å². The summed E-state index contributed by atoms with van der Waals surface area (Å²) < 4.78 is 2.31. The second-order valence-electron chi connectivity index (χ2n) is 6.42. The number of aromatic nitrogens is 1. The molecule has 1 fully saturated rings. The van der Waals surface area contributed by atoms with Crippen molar-refractivity contribution in [2.24, 2.45) is 10.9 Å². The molecule has 1 aromatic heterocycles. The molecule has 112 valence electrons. The summed E-state index contributed by atoms with van der Waals surface area (Å²) in [5, 5.41) is 0. The molecular formula is C21H18N2. The minimum atomic E-state index is 0.0860. The van der Waals surface area contributed by atoms with E-state index in [9.17, 15) is 0 Å². The zero-order chi connectivity index (χ0) is 15.2. The molecule has 2 nitrogen and oxygen atoms in total. The second-order valence-corrected chi connectivity index (χ2v) is 6.42. The van der Waals surface area contributed by atoms with E-state index in [0.29, 0.717) is 5.92 Å². The van der Waals surface area contributed by atoms with Crippen molar-refractivity contribution in [3.05, 3.63) is 89.7 Å². The van der Waals surface area contributed by atoms with Gasteiger partial charge in [0.1, 0.15) is 6.04 Å². The number of hydrogen-bond donors (Lipinski definition) is 0. The first kappa shape index (κ1) is 12.9. The summed E-state index contributed by atoms with van der Waals surface area (Å²) in [6.07, 6.45) is 4.70. The van der Waals surface area contributed by atoms with Gasteiger partial charge in [0.2, 0.25) is 0 Å². The fourth-order valence-electron chi connectivity index (χ4n) is 3.57. The second kappa shape index (κ2) is 4.95. The molecule has 0 radical (unpaired) electrons. The van der Waals surface area contributed by atoms with Crippen LogP contribution in [-0.4, -0.2) is 10.3 Å². The maximum atomic E-state index is 5.26. The molecular weight excluding hydrogens is 280 g/mol. The molecule has 0 saturated heterocycles. The number of benzene rings is 2. The number of para-hydroxylation sites is 1. The quantitative estimate of drug-likeness (QED) is 0.648. The predicted molar refractivity (Wildman–Crippen MR) is 93.3 cm³/mol. The van der Waals surface area contributed by atoms with Crippen LogP contribution in [-0.2, 0) is 0 Å². The maximum absolute atomic E-state index is 5.26. The van der Waals surface area contributed by atoms with Crippen molar-refractivity contribution < 1.29 is 0 Å². The van der Waals surface area contributed by atoms with Crippen LogP contribution in [0.1, 0.15) is 35.7 Å². The lowest BCUT2D eigenvalue weighted by molar-refractivity contribution is 0.862. The van der Waals surface area contributed by atoms with Gasteiger partial charge in [0.05, 0.1) is 17.1 Å². The first-order chi connectivity index (χ1) is 11.4. The van der Waals surface area contributed by atoms with Gasteiger partial charge >= 0.3 is 0 Å². The van der Waals surface area contributed by atoms with Crippen LogP contribution in [0.15, 0.2) is 77.9 Å². The molecule has 1 atom stereocenters. The summed E-state index contributed by atoms with van der Waals surface area (Å²) in [6.45, 7) is 0. The Morgan fingerprint density at radius 1 is 0.826 bits per heavy atom. The van der Waals surface area contributed by atoms with E-state index in [2.05, 4.69) is 77.5 Å². The van der Waals surface area contributed by atoms with Crippen LogP contribution in [0.25, 0.3) is 5.69 Å². The van der Waals surface area contributed by atoms with Gasteiger partial charge in [0.25, 0.3) is 0 Å². The third-order valence-electron chi connectivity index (χ3n) is 4.85. The van der Waals surface area contributed by atoms with Crippen LogP contribution in [0.4, 0.5) is 0 Å². The molecule has 2 heteroatoms. The van der Waals surface area contributed by atoms with Gasteiger partial charge in [-0.25, -0.2) is 0 Å². The Labute approximate surface area is 136 Å². The van der Waals surface area contributed by atoms with Crippen molar-refractivity contribution >= 4 is 5.71 Å². The molecule has 0 spiro atoms. The van der Waals surface area contributed by atoms with Gasteiger partial charge in [0.15, 0.2) is 0 Å². The van der Waals surface area contributed by atoms with E-state index in [1.54, 1.807) is 0 Å². The number of fused-ring (bicyclic) bond motifs is 3. The van der Waals surface area contributed by atoms with E-state index < -0.39 is 0 Å². The minimum absolute atomic E-state index is 0.0860. The molecule has 0 N–H and O–H groups in total. The highest BCUT2D eigenvalue weighted by atomic mass is 15.0. The highest BCUT2D eigenvalue weighted by Crippen LogP contribution is 2.40. The third-order valence-corrected chi connectivity index (χ3v) is 4.85. The van der Waals surface area contributed by atoms with E-state index in [1.165, 1.54) is 41.1 Å². The molecule has 1 saturated carbocycles. The van der Waals surface area contributed by atoms with Gasteiger partial charge in [-0.2, -0.15) is 0 Å². The molecule has 3 aromatic rings. The summed E-state index contributed by atoms with van der Waals surface area (Å²) in [7, 11) is 0. The number of rotatable bonds is 2. The molecule has 0 amide bonds. The summed E-state index contributed by atoms with van der Waals surface area (Å²) in [4.78, 5) is 5.26. The van der Waals surface area contributed by atoms with Gasteiger partial charge in [-0.15, -0.1) is 0 Å².